The molecule has 0 spiro atoms. The summed E-state index contributed by atoms with van der Waals surface area (Å²) in [6.45, 7) is 8.51. The Morgan fingerprint density at radius 3 is 2.67 bits per heavy atom. The van der Waals surface area contributed by atoms with E-state index in [1.165, 1.54) is 32.1 Å². The SMILES string of the molecule is CCC1CCCCC1OCCNC(C)C. The molecule has 2 unspecified atom stereocenters. The second-order valence-electron chi connectivity index (χ2n) is 4.97. The zero-order chi connectivity index (χ0) is 11.1. The van der Waals surface area contributed by atoms with Gasteiger partial charge in [-0.2, -0.15) is 0 Å². The van der Waals surface area contributed by atoms with Crippen molar-refractivity contribution in [3.8, 4) is 0 Å². The van der Waals surface area contributed by atoms with Gasteiger partial charge in [-0.05, 0) is 18.8 Å². The van der Waals surface area contributed by atoms with Crippen LogP contribution in [0.2, 0.25) is 0 Å². The van der Waals surface area contributed by atoms with Crippen LogP contribution in [0.3, 0.4) is 0 Å². The van der Waals surface area contributed by atoms with E-state index in [0.717, 1.165) is 19.1 Å². The van der Waals surface area contributed by atoms with Crippen LogP contribution in [0.5, 0.6) is 0 Å². The fourth-order valence-electron chi connectivity index (χ4n) is 2.42. The van der Waals surface area contributed by atoms with Crippen molar-refractivity contribution in [2.75, 3.05) is 13.2 Å². The summed E-state index contributed by atoms with van der Waals surface area (Å²) >= 11 is 0. The van der Waals surface area contributed by atoms with Gasteiger partial charge in [0.1, 0.15) is 0 Å². The summed E-state index contributed by atoms with van der Waals surface area (Å²) in [6, 6.07) is 0.571. The van der Waals surface area contributed by atoms with Gasteiger partial charge in [-0.3, -0.25) is 0 Å². The largest absolute Gasteiger partial charge is 0.377 e. The van der Waals surface area contributed by atoms with Crippen LogP contribution in [0.1, 0.15) is 52.9 Å². The summed E-state index contributed by atoms with van der Waals surface area (Å²) in [5.41, 5.74) is 0. The van der Waals surface area contributed by atoms with Crippen LogP contribution in [0.25, 0.3) is 0 Å². The van der Waals surface area contributed by atoms with Crippen molar-refractivity contribution in [1.82, 2.24) is 5.32 Å². The molecule has 1 aliphatic carbocycles. The maximum absolute atomic E-state index is 5.97. The van der Waals surface area contributed by atoms with Crippen molar-refractivity contribution in [3.63, 3.8) is 0 Å². The highest BCUT2D eigenvalue weighted by Gasteiger charge is 2.23. The molecule has 0 saturated heterocycles. The normalized spacial score (nSPS) is 27.2. The van der Waals surface area contributed by atoms with Gasteiger partial charge < -0.3 is 10.1 Å². The molecule has 1 aliphatic rings. The van der Waals surface area contributed by atoms with E-state index in [1.54, 1.807) is 0 Å². The Morgan fingerprint density at radius 2 is 2.00 bits per heavy atom. The van der Waals surface area contributed by atoms with Crippen molar-refractivity contribution in [3.05, 3.63) is 0 Å². The molecule has 1 saturated carbocycles. The monoisotopic (exact) mass is 213 g/mol. The fraction of sp³-hybridized carbons (Fsp3) is 1.00. The average Bonchev–Trinajstić information content (AvgIpc) is 2.24. The van der Waals surface area contributed by atoms with Crippen LogP contribution in [0.4, 0.5) is 0 Å². The predicted octanol–water partition coefficient (Wildman–Crippen LogP) is 2.97. The molecule has 2 heteroatoms. The Labute approximate surface area is 94.8 Å². The van der Waals surface area contributed by atoms with Gasteiger partial charge in [-0.15, -0.1) is 0 Å². The standard InChI is InChI=1S/C13H27NO/c1-4-12-7-5-6-8-13(12)15-10-9-14-11(2)3/h11-14H,4-10H2,1-3H3. The Hall–Kier alpha value is -0.0800. The number of ether oxygens (including phenoxy) is 1. The molecule has 0 aliphatic heterocycles. The predicted molar refractivity (Wildman–Crippen MR) is 65.1 cm³/mol. The van der Waals surface area contributed by atoms with E-state index in [4.69, 9.17) is 4.74 Å². The maximum atomic E-state index is 5.97. The summed E-state index contributed by atoms with van der Waals surface area (Å²) in [7, 11) is 0. The molecule has 0 bridgehead atoms. The van der Waals surface area contributed by atoms with Gasteiger partial charge >= 0.3 is 0 Å². The van der Waals surface area contributed by atoms with Gasteiger partial charge in [0.05, 0.1) is 12.7 Å². The second-order valence-corrected chi connectivity index (χ2v) is 4.97. The molecule has 90 valence electrons. The third-order valence-electron chi connectivity index (χ3n) is 3.35. The minimum Gasteiger partial charge on any atom is -0.377 e. The lowest BCUT2D eigenvalue weighted by Crippen LogP contribution is -2.32. The van der Waals surface area contributed by atoms with E-state index in [9.17, 15) is 0 Å². The first-order chi connectivity index (χ1) is 7.24. The Kier molecular flexibility index (Phi) is 6.26. The molecule has 0 aromatic carbocycles. The first-order valence-corrected chi connectivity index (χ1v) is 6.59. The third-order valence-corrected chi connectivity index (χ3v) is 3.35. The maximum Gasteiger partial charge on any atom is 0.0603 e. The lowest BCUT2D eigenvalue weighted by molar-refractivity contribution is -0.0106. The summed E-state index contributed by atoms with van der Waals surface area (Å²) < 4.78 is 5.97. The molecule has 0 radical (unpaired) electrons. The number of hydrogen-bond donors (Lipinski definition) is 1. The van der Waals surface area contributed by atoms with Gasteiger partial charge in [0, 0.05) is 12.6 Å². The number of hydrogen-bond acceptors (Lipinski definition) is 2. The smallest absolute Gasteiger partial charge is 0.0603 e. The summed E-state index contributed by atoms with van der Waals surface area (Å²) in [5, 5.41) is 3.39. The van der Waals surface area contributed by atoms with Crippen LogP contribution >= 0.6 is 0 Å². The molecule has 2 atom stereocenters. The van der Waals surface area contributed by atoms with Crippen molar-refractivity contribution in [1.29, 1.82) is 0 Å². The van der Waals surface area contributed by atoms with Gasteiger partial charge in [-0.1, -0.05) is 40.0 Å². The minimum absolute atomic E-state index is 0.540. The molecule has 2 nitrogen and oxygen atoms in total. The molecular weight excluding hydrogens is 186 g/mol. The Bertz CT molecular complexity index is 159. The summed E-state index contributed by atoms with van der Waals surface area (Å²) in [6.07, 6.45) is 7.24. The lowest BCUT2D eigenvalue weighted by Gasteiger charge is -2.30. The van der Waals surface area contributed by atoms with Gasteiger partial charge in [0.2, 0.25) is 0 Å². The minimum atomic E-state index is 0.540. The number of rotatable bonds is 6. The van der Waals surface area contributed by atoms with Crippen LogP contribution < -0.4 is 5.32 Å². The van der Waals surface area contributed by atoms with Crippen molar-refractivity contribution in [2.24, 2.45) is 5.92 Å². The highest BCUT2D eigenvalue weighted by Crippen LogP contribution is 2.28. The summed E-state index contributed by atoms with van der Waals surface area (Å²) in [4.78, 5) is 0. The first-order valence-electron chi connectivity index (χ1n) is 6.59. The molecule has 0 amide bonds. The zero-order valence-corrected chi connectivity index (χ0v) is 10.6. The Morgan fingerprint density at radius 1 is 1.27 bits per heavy atom. The van der Waals surface area contributed by atoms with Crippen LogP contribution in [0, 0.1) is 5.92 Å². The zero-order valence-electron chi connectivity index (χ0n) is 10.6. The van der Waals surface area contributed by atoms with E-state index in [0.29, 0.717) is 12.1 Å². The molecule has 1 N–H and O–H groups in total. The highest BCUT2D eigenvalue weighted by atomic mass is 16.5. The van der Waals surface area contributed by atoms with Crippen LogP contribution in [-0.4, -0.2) is 25.3 Å². The van der Waals surface area contributed by atoms with Gasteiger partial charge in [0.15, 0.2) is 0 Å². The van der Waals surface area contributed by atoms with E-state index in [2.05, 4.69) is 26.1 Å². The molecule has 0 aromatic heterocycles. The Balaban J connectivity index is 2.12. The molecule has 1 fully saturated rings. The fourth-order valence-corrected chi connectivity index (χ4v) is 2.42. The van der Waals surface area contributed by atoms with E-state index >= 15 is 0 Å². The molecule has 0 aromatic rings. The molecule has 15 heavy (non-hydrogen) atoms. The molecule has 1 rings (SSSR count). The summed E-state index contributed by atoms with van der Waals surface area (Å²) in [5.74, 6) is 0.817. The molecular formula is C13H27NO. The second kappa shape index (κ2) is 7.24. The van der Waals surface area contributed by atoms with Crippen molar-refractivity contribution in [2.45, 2.75) is 65.0 Å². The topological polar surface area (TPSA) is 21.3 Å². The highest BCUT2D eigenvalue weighted by molar-refractivity contribution is 4.75. The van der Waals surface area contributed by atoms with Crippen LogP contribution in [-0.2, 0) is 4.74 Å². The van der Waals surface area contributed by atoms with Crippen molar-refractivity contribution < 1.29 is 4.74 Å². The lowest BCUT2D eigenvalue weighted by atomic mass is 9.85. The van der Waals surface area contributed by atoms with Crippen molar-refractivity contribution >= 4 is 0 Å². The quantitative estimate of drug-likeness (QED) is 0.685. The van der Waals surface area contributed by atoms with Gasteiger partial charge in [0.25, 0.3) is 0 Å². The van der Waals surface area contributed by atoms with E-state index in [1.807, 2.05) is 0 Å². The molecule has 0 heterocycles. The average molecular weight is 213 g/mol. The number of nitrogens with one attached hydrogen (secondary N) is 1. The van der Waals surface area contributed by atoms with Crippen LogP contribution in [0.15, 0.2) is 0 Å². The van der Waals surface area contributed by atoms with E-state index in [-0.39, 0.29) is 0 Å². The third kappa shape index (κ3) is 4.98. The first kappa shape index (κ1) is 13.0. The van der Waals surface area contributed by atoms with Gasteiger partial charge in [-0.25, -0.2) is 0 Å². The van der Waals surface area contributed by atoms with E-state index < -0.39 is 0 Å².